The molecule has 0 spiro atoms. The molecule has 37 heavy (non-hydrogen) atoms. The molecule has 0 radical (unpaired) electrons. The summed E-state index contributed by atoms with van der Waals surface area (Å²) in [5, 5.41) is 6.69. The van der Waals surface area contributed by atoms with Gasteiger partial charge in [0.1, 0.15) is 22.3 Å². The zero-order valence-electron chi connectivity index (χ0n) is 19.9. The highest BCUT2D eigenvalue weighted by atomic mass is 16.3. The topological polar surface area (TPSA) is 29.5 Å². The van der Waals surface area contributed by atoms with E-state index in [-0.39, 0.29) is 0 Å². The summed E-state index contributed by atoms with van der Waals surface area (Å²) < 4.78 is 12.5. The zero-order chi connectivity index (χ0) is 24.3. The summed E-state index contributed by atoms with van der Waals surface area (Å²) in [5.41, 5.74) is 6.88. The van der Waals surface area contributed by atoms with E-state index in [1.165, 1.54) is 0 Å². The Morgan fingerprint density at radius 3 is 1.76 bits per heavy atom. The van der Waals surface area contributed by atoms with Crippen molar-refractivity contribution in [2.24, 2.45) is 0 Å². The summed E-state index contributed by atoms with van der Waals surface area (Å²) in [6, 6.07) is 44.3. The minimum absolute atomic E-state index is 0.888. The number of para-hydroxylation sites is 3. The van der Waals surface area contributed by atoms with Crippen LogP contribution in [0, 0.1) is 0 Å². The molecule has 0 aliphatic carbocycles. The van der Waals surface area contributed by atoms with Crippen LogP contribution >= 0.6 is 0 Å². The maximum Gasteiger partial charge on any atom is 0.143 e. The highest BCUT2D eigenvalue weighted by Crippen LogP contribution is 2.45. The van der Waals surface area contributed by atoms with Crippen LogP contribution in [0.1, 0.15) is 0 Å². The van der Waals surface area contributed by atoms with Crippen molar-refractivity contribution >= 4 is 71.7 Å². The third kappa shape index (κ3) is 3.01. The van der Waals surface area contributed by atoms with Gasteiger partial charge in [0.2, 0.25) is 0 Å². The molecule has 0 saturated heterocycles. The lowest BCUT2D eigenvalue weighted by atomic mass is 10.0. The van der Waals surface area contributed by atoms with Gasteiger partial charge in [-0.15, -0.1) is 0 Å². The largest absolute Gasteiger partial charge is 0.456 e. The summed E-state index contributed by atoms with van der Waals surface area (Å²) in [5.74, 6) is 0. The number of benzene rings is 6. The van der Waals surface area contributed by atoms with Crippen LogP contribution < -0.4 is 4.90 Å². The fourth-order valence-electron chi connectivity index (χ4n) is 5.57. The molecule has 0 bridgehead atoms. The van der Waals surface area contributed by atoms with Crippen LogP contribution in [0.2, 0.25) is 0 Å². The lowest BCUT2D eigenvalue weighted by Gasteiger charge is -2.27. The van der Waals surface area contributed by atoms with E-state index in [0.717, 1.165) is 71.7 Å². The van der Waals surface area contributed by atoms with Crippen LogP contribution in [0.4, 0.5) is 17.1 Å². The second-order valence-corrected chi connectivity index (χ2v) is 9.37. The third-order valence-electron chi connectivity index (χ3n) is 7.24. The van der Waals surface area contributed by atoms with Gasteiger partial charge in [-0.1, -0.05) is 78.9 Å². The molecule has 0 atom stereocenters. The van der Waals surface area contributed by atoms with Gasteiger partial charge < -0.3 is 13.7 Å². The van der Waals surface area contributed by atoms with Gasteiger partial charge in [0, 0.05) is 43.7 Å². The van der Waals surface area contributed by atoms with Crippen LogP contribution in [-0.4, -0.2) is 0 Å². The molecule has 3 heteroatoms. The van der Waals surface area contributed by atoms with Crippen molar-refractivity contribution < 1.29 is 8.83 Å². The summed E-state index contributed by atoms with van der Waals surface area (Å²) in [7, 11) is 0. The molecule has 0 fully saturated rings. The molecule has 3 nitrogen and oxygen atoms in total. The van der Waals surface area contributed by atoms with E-state index >= 15 is 0 Å². The molecule has 8 aromatic rings. The normalized spacial score (nSPS) is 11.8. The molecule has 8 rings (SSSR count). The van der Waals surface area contributed by atoms with E-state index in [1.807, 2.05) is 24.3 Å². The lowest BCUT2D eigenvalue weighted by molar-refractivity contribution is 0.669. The van der Waals surface area contributed by atoms with Crippen LogP contribution in [0.15, 0.2) is 136 Å². The van der Waals surface area contributed by atoms with Crippen LogP contribution in [0.5, 0.6) is 0 Å². The molecule has 6 aromatic carbocycles. The van der Waals surface area contributed by atoms with Gasteiger partial charge in [-0.2, -0.15) is 0 Å². The molecule has 174 valence electrons. The standard InChI is InChI=1S/C34H21NO2/c1-2-10-22(11-3-1)35(23-18-19-33-28(20-23)25-13-6-8-16-31(25)36-33)30-21-29-26-14-7-9-17-32(26)37-34(29)27-15-5-4-12-24(27)30/h1-21H. The third-order valence-corrected chi connectivity index (χ3v) is 7.24. The fraction of sp³-hybridized carbons (Fsp3) is 0. The Labute approximate surface area is 212 Å². The number of hydrogen-bond donors (Lipinski definition) is 0. The van der Waals surface area contributed by atoms with Crippen LogP contribution in [0.25, 0.3) is 54.6 Å². The van der Waals surface area contributed by atoms with E-state index in [1.54, 1.807) is 0 Å². The van der Waals surface area contributed by atoms with Crippen LogP contribution in [0.3, 0.4) is 0 Å². The minimum Gasteiger partial charge on any atom is -0.456 e. The predicted molar refractivity (Wildman–Crippen MR) is 153 cm³/mol. The van der Waals surface area contributed by atoms with Crippen LogP contribution in [-0.2, 0) is 0 Å². The van der Waals surface area contributed by atoms with Crippen molar-refractivity contribution in [3.63, 3.8) is 0 Å². The summed E-state index contributed by atoms with van der Waals surface area (Å²) >= 11 is 0. The Hall–Kier alpha value is -5.02. The Bertz CT molecular complexity index is 2100. The van der Waals surface area contributed by atoms with Crippen molar-refractivity contribution in [1.82, 2.24) is 0 Å². The number of nitrogens with zero attached hydrogens (tertiary/aromatic N) is 1. The van der Waals surface area contributed by atoms with Gasteiger partial charge in [-0.05, 0) is 48.5 Å². The molecule has 0 unspecified atom stereocenters. The van der Waals surface area contributed by atoms with Crippen molar-refractivity contribution in [2.45, 2.75) is 0 Å². The van der Waals surface area contributed by atoms with Crippen molar-refractivity contribution in [1.29, 1.82) is 0 Å². The number of rotatable bonds is 3. The number of furan rings is 2. The fourth-order valence-corrected chi connectivity index (χ4v) is 5.57. The average Bonchev–Trinajstić information content (AvgIpc) is 3.52. The highest BCUT2D eigenvalue weighted by molar-refractivity contribution is 6.19. The molecule has 0 aliphatic rings. The maximum absolute atomic E-state index is 6.38. The van der Waals surface area contributed by atoms with Gasteiger partial charge in [-0.25, -0.2) is 0 Å². The molecule has 0 aliphatic heterocycles. The maximum atomic E-state index is 6.38. The second kappa shape index (κ2) is 7.74. The Morgan fingerprint density at radius 1 is 0.378 bits per heavy atom. The first-order chi connectivity index (χ1) is 18.3. The summed E-state index contributed by atoms with van der Waals surface area (Å²) in [6.45, 7) is 0. The number of anilines is 3. The van der Waals surface area contributed by atoms with Crippen molar-refractivity contribution in [2.75, 3.05) is 4.90 Å². The molecule has 0 saturated carbocycles. The molecule has 0 N–H and O–H groups in total. The Morgan fingerprint density at radius 2 is 0.973 bits per heavy atom. The first kappa shape index (κ1) is 20.2. The first-order valence-corrected chi connectivity index (χ1v) is 12.4. The minimum atomic E-state index is 0.888. The van der Waals surface area contributed by atoms with Gasteiger partial charge in [0.15, 0.2) is 0 Å². The zero-order valence-corrected chi connectivity index (χ0v) is 19.9. The van der Waals surface area contributed by atoms with E-state index in [2.05, 4.69) is 108 Å². The predicted octanol–water partition coefficient (Wildman–Crippen LogP) is 10.1. The van der Waals surface area contributed by atoms with Gasteiger partial charge in [0.25, 0.3) is 0 Å². The van der Waals surface area contributed by atoms with Crippen molar-refractivity contribution in [3.05, 3.63) is 127 Å². The Balaban J connectivity index is 1.48. The second-order valence-electron chi connectivity index (χ2n) is 9.37. The van der Waals surface area contributed by atoms with Crippen molar-refractivity contribution in [3.8, 4) is 0 Å². The van der Waals surface area contributed by atoms with E-state index in [9.17, 15) is 0 Å². The summed E-state index contributed by atoms with van der Waals surface area (Å²) in [4.78, 5) is 2.34. The molecule has 2 aromatic heterocycles. The van der Waals surface area contributed by atoms with Gasteiger partial charge in [0.05, 0.1) is 5.69 Å². The van der Waals surface area contributed by atoms with Gasteiger partial charge in [-0.3, -0.25) is 0 Å². The van der Waals surface area contributed by atoms with E-state index in [4.69, 9.17) is 8.83 Å². The highest BCUT2D eigenvalue weighted by Gasteiger charge is 2.20. The lowest BCUT2D eigenvalue weighted by Crippen LogP contribution is -2.10. The van der Waals surface area contributed by atoms with Gasteiger partial charge >= 0.3 is 0 Å². The van der Waals surface area contributed by atoms with E-state index < -0.39 is 0 Å². The smallest absolute Gasteiger partial charge is 0.143 e. The average molecular weight is 476 g/mol. The Kier molecular flexibility index (Phi) is 4.23. The number of fused-ring (bicyclic) bond motifs is 8. The molecule has 2 heterocycles. The quantitative estimate of drug-likeness (QED) is 0.255. The SMILES string of the molecule is c1ccc(N(c2ccc3oc4ccccc4c3c2)c2cc3c4ccccc4oc3c3ccccc23)cc1. The van der Waals surface area contributed by atoms with E-state index in [0.29, 0.717) is 0 Å². The molecule has 0 amide bonds. The monoisotopic (exact) mass is 475 g/mol. The molecular formula is C34H21NO2. The summed E-state index contributed by atoms with van der Waals surface area (Å²) in [6.07, 6.45) is 0. The molecular weight excluding hydrogens is 454 g/mol. The first-order valence-electron chi connectivity index (χ1n) is 12.4. The number of hydrogen-bond acceptors (Lipinski definition) is 3.